The average Bonchev–Trinajstić information content (AvgIpc) is 3.09. The van der Waals surface area contributed by atoms with Crippen LogP contribution >= 0.6 is 0 Å². The monoisotopic (exact) mass is 342 g/mol. The van der Waals surface area contributed by atoms with Crippen molar-refractivity contribution < 1.29 is 13.6 Å². The van der Waals surface area contributed by atoms with E-state index < -0.39 is 0 Å². The highest BCUT2D eigenvalue weighted by atomic mass is 19.1. The SMILES string of the molecule is O=C1[C@@H]2CN(Cc3ccc(F)cc3)C[C@@H]2CN1Cc1cccc(F)c1. The number of carbonyl (C=O) groups is 1. The number of carbonyl (C=O) groups excluding carboxylic acids is 1. The number of nitrogens with zero attached hydrogens (tertiary/aromatic N) is 2. The van der Waals surface area contributed by atoms with Crippen LogP contribution in [0.3, 0.4) is 0 Å². The minimum atomic E-state index is -0.269. The summed E-state index contributed by atoms with van der Waals surface area (Å²) < 4.78 is 26.3. The molecule has 2 aromatic carbocycles. The van der Waals surface area contributed by atoms with E-state index in [-0.39, 0.29) is 23.5 Å². The van der Waals surface area contributed by atoms with Gasteiger partial charge in [-0.1, -0.05) is 24.3 Å². The molecule has 2 aromatic rings. The highest BCUT2D eigenvalue weighted by Gasteiger charge is 2.45. The standard InChI is InChI=1S/C20H20F2N2O/c21-17-6-4-14(5-7-17)9-23-11-16-12-24(20(25)19(16)13-23)10-15-2-1-3-18(22)8-15/h1-8,16,19H,9-13H2/t16-,19-/m1/s1. The molecule has 4 rings (SSSR count). The van der Waals surface area contributed by atoms with Crippen molar-refractivity contribution in [2.24, 2.45) is 11.8 Å². The molecule has 0 radical (unpaired) electrons. The zero-order valence-electron chi connectivity index (χ0n) is 13.9. The normalized spacial score (nSPS) is 23.3. The molecule has 5 heteroatoms. The van der Waals surface area contributed by atoms with Crippen LogP contribution in [0.25, 0.3) is 0 Å². The van der Waals surface area contributed by atoms with Gasteiger partial charge < -0.3 is 4.90 Å². The third-order valence-electron chi connectivity index (χ3n) is 5.18. The van der Waals surface area contributed by atoms with Crippen molar-refractivity contribution in [1.29, 1.82) is 0 Å². The molecule has 2 aliphatic rings. The highest BCUT2D eigenvalue weighted by molar-refractivity contribution is 5.82. The van der Waals surface area contributed by atoms with Gasteiger partial charge >= 0.3 is 0 Å². The maximum absolute atomic E-state index is 13.3. The summed E-state index contributed by atoms with van der Waals surface area (Å²) in [6.45, 7) is 3.54. The van der Waals surface area contributed by atoms with E-state index in [1.807, 2.05) is 11.0 Å². The summed E-state index contributed by atoms with van der Waals surface area (Å²) in [5.74, 6) is 0.00593. The summed E-state index contributed by atoms with van der Waals surface area (Å²) in [5.41, 5.74) is 1.89. The minimum Gasteiger partial charge on any atom is -0.338 e. The lowest BCUT2D eigenvalue weighted by molar-refractivity contribution is -0.131. The maximum Gasteiger partial charge on any atom is 0.227 e. The van der Waals surface area contributed by atoms with Gasteiger partial charge in [0.2, 0.25) is 5.91 Å². The summed E-state index contributed by atoms with van der Waals surface area (Å²) in [7, 11) is 0. The Bertz CT molecular complexity index is 778. The van der Waals surface area contributed by atoms with Crippen LogP contribution in [0.2, 0.25) is 0 Å². The molecule has 1 amide bonds. The zero-order valence-corrected chi connectivity index (χ0v) is 13.9. The second kappa shape index (κ2) is 6.56. The Labute approximate surface area is 145 Å². The predicted molar refractivity (Wildman–Crippen MR) is 90.5 cm³/mol. The van der Waals surface area contributed by atoms with Crippen LogP contribution in [0.5, 0.6) is 0 Å². The van der Waals surface area contributed by atoms with Crippen molar-refractivity contribution in [2.45, 2.75) is 13.1 Å². The fourth-order valence-corrected chi connectivity index (χ4v) is 4.01. The molecule has 0 bridgehead atoms. The van der Waals surface area contributed by atoms with Gasteiger partial charge in [-0.2, -0.15) is 0 Å². The van der Waals surface area contributed by atoms with E-state index in [2.05, 4.69) is 4.90 Å². The third kappa shape index (κ3) is 3.42. The first-order valence-electron chi connectivity index (χ1n) is 8.58. The van der Waals surface area contributed by atoms with Crippen molar-refractivity contribution in [2.75, 3.05) is 19.6 Å². The minimum absolute atomic E-state index is 0.0222. The Morgan fingerprint density at radius 3 is 2.40 bits per heavy atom. The first-order valence-corrected chi connectivity index (χ1v) is 8.58. The second-order valence-corrected chi connectivity index (χ2v) is 7.04. The Kier molecular flexibility index (Phi) is 4.25. The largest absolute Gasteiger partial charge is 0.338 e. The van der Waals surface area contributed by atoms with Gasteiger partial charge in [-0.15, -0.1) is 0 Å². The van der Waals surface area contributed by atoms with E-state index in [0.29, 0.717) is 12.5 Å². The molecule has 0 unspecified atom stereocenters. The van der Waals surface area contributed by atoms with Crippen molar-refractivity contribution in [3.8, 4) is 0 Å². The average molecular weight is 342 g/mol. The van der Waals surface area contributed by atoms with E-state index in [1.165, 1.54) is 24.3 Å². The van der Waals surface area contributed by atoms with Gasteiger partial charge in [-0.3, -0.25) is 9.69 Å². The second-order valence-electron chi connectivity index (χ2n) is 7.04. The van der Waals surface area contributed by atoms with E-state index in [4.69, 9.17) is 0 Å². The quantitative estimate of drug-likeness (QED) is 0.853. The molecule has 0 N–H and O–H groups in total. The Balaban J connectivity index is 1.37. The molecule has 2 saturated heterocycles. The molecule has 2 fully saturated rings. The number of amides is 1. The van der Waals surface area contributed by atoms with Crippen LogP contribution < -0.4 is 0 Å². The number of hydrogen-bond donors (Lipinski definition) is 0. The summed E-state index contributed by atoms with van der Waals surface area (Å²) in [5, 5.41) is 0. The van der Waals surface area contributed by atoms with Crippen LogP contribution in [0, 0.1) is 23.5 Å². The summed E-state index contributed by atoms with van der Waals surface area (Å²) in [4.78, 5) is 16.8. The fourth-order valence-electron chi connectivity index (χ4n) is 4.01. The number of hydrogen-bond acceptors (Lipinski definition) is 2. The number of benzene rings is 2. The van der Waals surface area contributed by atoms with Crippen LogP contribution in [0.4, 0.5) is 8.78 Å². The van der Waals surface area contributed by atoms with Gasteiger partial charge in [0.05, 0.1) is 5.92 Å². The van der Waals surface area contributed by atoms with E-state index >= 15 is 0 Å². The van der Waals surface area contributed by atoms with E-state index in [0.717, 1.165) is 37.3 Å². The molecule has 0 aromatic heterocycles. The number of fused-ring (bicyclic) bond motifs is 1. The zero-order chi connectivity index (χ0) is 17.4. The number of halogens is 2. The summed E-state index contributed by atoms with van der Waals surface area (Å²) in [6, 6.07) is 13.0. The Morgan fingerprint density at radius 1 is 0.880 bits per heavy atom. The molecule has 3 nitrogen and oxygen atoms in total. The van der Waals surface area contributed by atoms with Gasteiger partial charge in [-0.05, 0) is 35.4 Å². The Hall–Kier alpha value is -2.27. The topological polar surface area (TPSA) is 23.6 Å². The number of rotatable bonds is 4. The lowest BCUT2D eigenvalue weighted by atomic mass is 10.0. The van der Waals surface area contributed by atoms with Crippen molar-refractivity contribution in [1.82, 2.24) is 9.80 Å². The van der Waals surface area contributed by atoms with E-state index in [9.17, 15) is 13.6 Å². The molecule has 2 atom stereocenters. The van der Waals surface area contributed by atoms with Gasteiger partial charge in [0.25, 0.3) is 0 Å². The molecule has 2 heterocycles. The molecule has 0 aliphatic carbocycles. The molecule has 0 saturated carbocycles. The van der Waals surface area contributed by atoms with Crippen molar-refractivity contribution in [3.63, 3.8) is 0 Å². The van der Waals surface area contributed by atoms with Crippen molar-refractivity contribution in [3.05, 3.63) is 71.3 Å². The van der Waals surface area contributed by atoms with Crippen molar-refractivity contribution >= 4 is 5.91 Å². The smallest absolute Gasteiger partial charge is 0.227 e. The lowest BCUT2D eigenvalue weighted by Crippen LogP contribution is -2.32. The first-order chi connectivity index (χ1) is 12.1. The maximum atomic E-state index is 13.3. The number of likely N-dealkylation sites (tertiary alicyclic amines) is 2. The van der Waals surface area contributed by atoms with E-state index in [1.54, 1.807) is 18.2 Å². The molecule has 2 aliphatic heterocycles. The molecular formula is C20H20F2N2O. The highest BCUT2D eigenvalue weighted by Crippen LogP contribution is 2.33. The van der Waals surface area contributed by atoms with Gasteiger partial charge in [-0.25, -0.2) is 8.78 Å². The Morgan fingerprint density at radius 2 is 1.68 bits per heavy atom. The van der Waals surface area contributed by atoms with Gasteiger partial charge in [0, 0.05) is 38.6 Å². The fraction of sp³-hybridized carbons (Fsp3) is 0.350. The van der Waals surface area contributed by atoms with Gasteiger partial charge in [0.15, 0.2) is 0 Å². The first kappa shape index (κ1) is 16.2. The van der Waals surface area contributed by atoms with Crippen LogP contribution in [0.15, 0.2) is 48.5 Å². The van der Waals surface area contributed by atoms with Crippen LogP contribution in [-0.4, -0.2) is 35.3 Å². The molecular weight excluding hydrogens is 322 g/mol. The van der Waals surface area contributed by atoms with Crippen LogP contribution in [-0.2, 0) is 17.9 Å². The molecule has 0 spiro atoms. The van der Waals surface area contributed by atoms with Gasteiger partial charge in [0.1, 0.15) is 11.6 Å². The summed E-state index contributed by atoms with van der Waals surface area (Å²) in [6.07, 6.45) is 0. The third-order valence-corrected chi connectivity index (χ3v) is 5.18. The lowest BCUT2D eigenvalue weighted by Gasteiger charge is -2.22. The predicted octanol–water partition coefficient (Wildman–Crippen LogP) is 3.06. The molecule has 25 heavy (non-hydrogen) atoms. The van der Waals surface area contributed by atoms with Crippen LogP contribution in [0.1, 0.15) is 11.1 Å². The summed E-state index contributed by atoms with van der Waals surface area (Å²) >= 11 is 0. The molecule has 130 valence electrons.